The molecule has 0 fully saturated rings. The Bertz CT molecular complexity index is 731. The second kappa shape index (κ2) is 7.23. The first-order chi connectivity index (χ1) is 11.1. The summed E-state index contributed by atoms with van der Waals surface area (Å²) in [5.74, 6) is 0.164. The van der Waals surface area contributed by atoms with Crippen LogP contribution in [0.25, 0.3) is 0 Å². The van der Waals surface area contributed by atoms with Crippen molar-refractivity contribution in [3.8, 4) is 0 Å². The molecule has 130 valence electrons. The third-order valence-corrected chi connectivity index (χ3v) is 3.42. The molecular formula is C15H15ClF3N3O2. The standard InChI is InChI=1S/C15H15ClF3N3O2/c1-9-5-11(21-24-9)7-22(2)8-14(23)20-13-6-10(15(17,18)19)3-4-12(13)16/h3-6H,7-8H2,1-2H3,(H,20,23). The SMILES string of the molecule is Cc1cc(CN(C)CC(=O)Nc2cc(C(F)(F)F)ccc2Cl)no1. The van der Waals surface area contributed by atoms with E-state index in [-0.39, 0.29) is 17.3 Å². The molecule has 0 aliphatic heterocycles. The highest BCUT2D eigenvalue weighted by atomic mass is 35.5. The van der Waals surface area contributed by atoms with Gasteiger partial charge in [0.15, 0.2) is 0 Å². The number of benzene rings is 1. The maximum Gasteiger partial charge on any atom is 0.416 e. The van der Waals surface area contributed by atoms with E-state index in [0.29, 0.717) is 18.0 Å². The summed E-state index contributed by atoms with van der Waals surface area (Å²) in [7, 11) is 1.68. The van der Waals surface area contributed by atoms with E-state index in [1.807, 2.05) is 0 Å². The predicted molar refractivity (Wildman–Crippen MR) is 82.7 cm³/mol. The smallest absolute Gasteiger partial charge is 0.361 e. The third kappa shape index (κ3) is 4.97. The molecule has 9 heteroatoms. The van der Waals surface area contributed by atoms with Crippen molar-refractivity contribution in [3.63, 3.8) is 0 Å². The fourth-order valence-corrected chi connectivity index (χ4v) is 2.22. The van der Waals surface area contributed by atoms with Gasteiger partial charge in [-0.2, -0.15) is 13.2 Å². The van der Waals surface area contributed by atoms with Crippen molar-refractivity contribution >= 4 is 23.2 Å². The van der Waals surface area contributed by atoms with Gasteiger partial charge >= 0.3 is 6.18 Å². The Morgan fingerprint density at radius 1 is 1.38 bits per heavy atom. The highest BCUT2D eigenvalue weighted by Crippen LogP contribution is 2.33. The Labute approximate surface area is 141 Å². The summed E-state index contributed by atoms with van der Waals surface area (Å²) in [6.45, 7) is 2.07. The second-order valence-corrected chi connectivity index (χ2v) is 5.75. The molecule has 0 saturated carbocycles. The average molecular weight is 362 g/mol. The molecule has 24 heavy (non-hydrogen) atoms. The minimum absolute atomic E-state index is 0.0335. The van der Waals surface area contributed by atoms with Crippen molar-refractivity contribution in [2.75, 3.05) is 18.9 Å². The zero-order chi connectivity index (χ0) is 17.9. The number of aromatic nitrogens is 1. The Morgan fingerprint density at radius 3 is 2.67 bits per heavy atom. The first-order valence-corrected chi connectivity index (χ1v) is 7.30. The molecule has 0 unspecified atom stereocenters. The van der Waals surface area contributed by atoms with Crippen molar-refractivity contribution in [2.45, 2.75) is 19.6 Å². The molecule has 2 rings (SSSR count). The molecule has 5 nitrogen and oxygen atoms in total. The number of amides is 1. The number of aryl methyl sites for hydroxylation is 1. The van der Waals surface area contributed by atoms with Crippen molar-refractivity contribution in [3.05, 3.63) is 46.3 Å². The molecule has 0 bridgehead atoms. The first kappa shape index (κ1) is 18.3. The van der Waals surface area contributed by atoms with E-state index in [0.717, 1.165) is 18.2 Å². The number of nitrogens with one attached hydrogen (secondary N) is 1. The Morgan fingerprint density at radius 2 is 2.08 bits per heavy atom. The first-order valence-electron chi connectivity index (χ1n) is 6.92. The van der Waals surface area contributed by atoms with E-state index >= 15 is 0 Å². The molecule has 0 aliphatic rings. The summed E-state index contributed by atoms with van der Waals surface area (Å²) in [5, 5.41) is 6.23. The van der Waals surface area contributed by atoms with E-state index in [2.05, 4.69) is 10.5 Å². The average Bonchev–Trinajstić information content (AvgIpc) is 2.84. The highest BCUT2D eigenvalue weighted by molar-refractivity contribution is 6.33. The molecule has 0 spiro atoms. The van der Waals surface area contributed by atoms with Crippen LogP contribution >= 0.6 is 11.6 Å². The van der Waals surface area contributed by atoms with Gasteiger partial charge in [0.25, 0.3) is 0 Å². The van der Waals surface area contributed by atoms with Crippen LogP contribution in [0, 0.1) is 6.92 Å². The number of halogens is 4. The van der Waals surface area contributed by atoms with E-state index in [4.69, 9.17) is 16.1 Å². The summed E-state index contributed by atoms with van der Waals surface area (Å²) in [5.41, 5.74) is -0.310. The topological polar surface area (TPSA) is 58.4 Å². The zero-order valence-corrected chi connectivity index (χ0v) is 13.7. The van der Waals surface area contributed by atoms with Crippen LogP contribution in [0.4, 0.5) is 18.9 Å². The van der Waals surface area contributed by atoms with E-state index in [1.165, 1.54) is 0 Å². The number of anilines is 1. The van der Waals surface area contributed by atoms with Gasteiger partial charge in [-0.15, -0.1) is 0 Å². The maximum absolute atomic E-state index is 12.7. The van der Waals surface area contributed by atoms with Crippen molar-refractivity contribution < 1.29 is 22.5 Å². The number of rotatable bonds is 5. The van der Waals surface area contributed by atoms with Crippen molar-refractivity contribution in [1.82, 2.24) is 10.1 Å². The van der Waals surface area contributed by atoms with E-state index < -0.39 is 17.6 Å². The molecule has 1 N–H and O–H groups in total. The van der Waals surface area contributed by atoms with Gasteiger partial charge in [0.2, 0.25) is 5.91 Å². The maximum atomic E-state index is 12.7. The van der Waals surface area contributed by atoms with Crippen LogP contribution < -0.4 is 5.32 Å². The molecule has 1 aromatic heterocycles. The highest BCUT2D eigenvalue weighted by Gasteiger charge is 2.31. The van der Waals surface area contributed by atoms with Gasteiger partial charge in [0.1, 0.15) is 5.76 Å². The molecule has 0 saturated heterocycles. The molecule has 0 radical (unpaired) electrons. The lowest BCUT2D eigenvalue weighted by molar-refractivity contribution is -0.137. The second-order valence-electron chi connectivity index (χ2n) is 5.34. The van der Waals surface area contributed by atoms with Crippen LogP contribution in [0.3, 0.4) is 0 Å². The van der Waals surface area contributed by atoms with Gasteiger partial charge in [0.05, 0.1) is 28.5 Å². The fraction of sp³-hybridized carbons (Fsp3) is 0.333. The predicted octanol–water partition coefficient (Wildman–Crippen LogP) is 3.73. The fourth-order valence-electron chi connectivity index (χ4n) is 2.06. The molecule has 1 amide bonds. The molecule has 2 aromatic rings. The molecule has 1 aromatic carbocycles. The number of carbonyl (C=O) groups is 1. The van der Waals surface area contributed by atoms with Gasteiger partial charge < -0.3 is 9.84 Å². The molecule has 0 atom stereocenters. The van der Waals surface area contributed by atoms with Crippen LogP contribution in [-0.4, -0.2) is 29.6 Å². The van der Waals surface area contributed by atoms with Crippen molar-refractivity contribution in [2.24, 2.45) is 0 Å². The minimum atomic E-state index is -4.51. The van der Waals surface area contributed by atoms with E-state index in [9.17, 15) is 18.0 Å². The molecule has 0 aliphatic carbocycles. The quantitative estimate of drug-likeness (QED) is 0.881. The van der Waals surface area contributed by atoms with Gasteiger partial charge in [0, 0.05) is 12.6 Å². The van der Waals surface area contributed by atoms with Crippen LogP contribution in [0.5, 0.6) is 0 Å². The number of carbonyl (C=O) groups excluding carboxylic acids is 1. The minimum Gasteiger partial charge on any atom is -0.361 e. The van der Waals surface area contributed by atoms with Gasteiger partial charge in [-0.25, -0.2) is 0 Å². The number of alkyl halides is 3. The monoisotopic (exact) mass is 361 g/mol. The summed E-state index contributed by atoms with van der Waals surface area (Å²) in [6, 6.07) is 4.50. The Balaban J connectivity index is 1.99. The third-order valence-electron chi connectivity index (χ3n) is 3.09. The Hall–Kier alpha value is -2.06. The number of hydrogen-bond donors (Lipinski definition) is 1. The number of hydrogen-bond acceptors (Lipinski definition) is 4. The van der Waals surface area contributed by atoms with E-state index in [1.54, 1.807) is 24.9 Å². The lowest BCUT2D eigenvalue weighted by atomic mass is 10.2. The number of nitrogens with zero attached hydrogens (tertiary/aromatic N) is 2. The van der Waals surface area contributed by atoms with Gasteiger partial charge in [-0.3, -0.25) is 9.69 Å². The lowest BCUT2D eigenvalue weighted by Crippen LogP contribution is -2.30. The summed E-state index contributed by atoms with van der Waals surface area (Å²) in [4.78, 5) is 13.6. The van der Waals surface area contributed by atoms with Crippen molar-refractivity contribution in [1.29, 1.82) is 0 Å². The van der Waals surface area contributed by atoms with Crippen LogP contribution in [0.2, 0.25) is 5.02 Å². The lowest BCUT2D eigenvalue weighted by Gasteiger charge is -2.16. The summed E-state index contributed by atoms with van der Waals surface area (Å²) < 4.78 is 43.1. The van der Waals surface area contributed by atoms with Crippen LogP contribution in [0.1, 0.15) is 17.0 Å². The largest absolute Gasteiger partial charge is 0.416 e. The molecular weight excluding hydrogens is 347 g/mol. The summed E-state index contributed by atoms with van der Waals surface area (Å²) >= 11 is 5.84. The van der Waals surface area contributed by atoms with Crippen LogP contribution in [-0.2, 0) is 17.5 Å². The van der Waals surface area contributed by atoms with Gasteiger partial charge in [-0.05, 0) is 32.2 Å². The number of likely N-dealkylation sites (N-methyl/N-ethyl adjacent to an activating group) is 1. The normalized spacial score (nSPS) is 11.8. The zero-order valence-electron chi connectivity index (χ0n) is 12.9. The van der Waals surface area contributed by atoms with Crippen LogP contribution in [0.15, 0.2) is 28.8 Å². The van der Waals surface area contributed by atoms with Gasteiger partial charge in [-0.1, -0.05) is 16.8 Å². The summed E-state index contributed by atoms with van der Waals surface area (Å²) in [6.07, 6.45) is -4.51. The molecule has 1 heterocycles. The Kier molecular flexibility index (Phi) is 5.51.